The van der Waals surface area contributed by atoms with E-state index in [2.05, 4.69) is 26.2 Å². The second kappa shape index (κ2) is 9.34. The van der Waals surface area contributed by atoms with Crippen LogP contribution in [0.1, 0.15) is 17.3 Å². The molecule has 0 aliphatic rings. The van der Waals surface area contributed by atoms with Crippen LogP contribution in [-0.4, -0.2) is 44.3 Å². The number of carbonyl (C=O) groups is 2. The molecule has 3 aromatic rings. The summed E-state index contributed by atoms with van der Waals surface area (Å²) in [5.74, 6) is -0.307. The summed E-state index contributed by atoms with van der Waals surface area (Å²) < 4.78 is 1.53. The van der Waals surface area contributed by atoms with Gasteiger partial charge in [0, 0.05) is 22.8 Å². The fraction of sp³-hybridized carbons (Fsp3) is 0.167. The van der Waals surface area contributed by atoms with Crippen molar-refractivity contribution in [2.75, 3.05) is 17.6 Å². The van der Waals surface area contributed by atoms with Crippen molar-refractivity contribution in [1.82, 2.24) is 25.5 Å². The van der Waals surface area contributed by atoms with E-state index >= 15 is 0 Å². The van der Waals surface area contributed by atoms with Crippen LogP contribution in [0.5, 0.6) is 0 Å². The van der Waals surface area contributed by atoms with E-state index in [1.54, 1.807) is 48.5 Å². The van der Waals surface area contributed by atoms with Gasteiger partial charge in [0.2, 0.25) is 11.1 Å². The van der Waals surface area contributed by atoms with Crippen LogP contribution >= 0.6 is 23.4 Å². The summed E-state index contributed by atoms with van der Waals surface area (Å²) in [4.78, 5) is 24.2. The minimum Gasteiger partial charge on any atom is -0.352 e. The molecule has 144 valence electrons. The lowest BCUT2D eigenvalue weighted by molar-refractivity contribution is -0.113. The van der Waals surface area contributed by atoms with E-state index in [9.17, 15) is 9.59 Å². The van der Waals surface area contributed by atoms with Crippen molar-refractivity contribution in [3.8, 4) is 5.69 Å². The van der Waals surface area contributed by atoms with E-state index in [0.29, 0.717) is 28.0 Å². The summed E-state index contributed by atoms with van der Waals surface area (Å²) in [5, 5.41) is 18.1. The van der Waals surface area contributed by atoms with Gasteiger partial charge in [-0.15, -0.1) is 5.10 Å². The fourth-order valence-electron chi connectivity index (χ4n) is 2.34. The number of rotatable bonds is 7. The molecule has 0 unspecified atom stereocenters. The molecule has 0 saturated carbocycles. The van der Waals surface area contributed by atoms with Gasteiger partial charge in [0.1, 0.15) is 0 Å². The maximum atomic E-state index is 12.3. The molecule has 0 saturated heterocycles. The Hall–Kier alpha value is -2.91. The maximum Gasteiger partial charge on any atom is 0.251 e. The molecule has 1 aromatic heterocycles. The zero-order valence-electron chi connectivity index (χ0n) is 14.9. The van der Waals surface area contributed by atoms with E-state index < -0.39 is 0 Å². The number of nitrogens with one attached hydrogen (secondary N) is 2. The first-order valence-corrected chi connectivity index (χ1v) is 9.78. The van der Waals surface area contributed by atoms with Gasteiger partial charge in [-0.1, -0.05) is 29.4 Å². The Kier molecular flexibility index (Phi) is 6.62. The highest BCUT2D eigenvalue weighted by Gasteiger charge is 2.12. The Labute approximate surface area is 170 Å². The van der Waals surface area contributed by atoms with Crippen molar-refractivity contribution >= 4 is 40.9 Å². The number of anilines is 1. The number of amides is 2. The third kappa shape index (κ3) is 5.08. The zero-order chi connectivity index (χ0) is 19.9. The van der Waals surface area contributed by atoms with Crippen LogP contribution in [-0.2, 0) is 4.79 Å². The maximum absolute atomic E-state index is 12.3. The van der Waals surface area contributed by atoms with Gasteiger partial charge in [0.25, 0.3) is 5.91 Å². The molecule has 0 aliphatic heterocycles. The van der Waals surface area contributed by atoms with Crippen LogP contribution in [0.4, 0.5) is 5.69 Å². The number of benzene rings is 2. The summed E-state index contributed by atoms with van der Waals surface area (Å²) in [6.07, 6.45) is 0. The Bertz CT molecular complexity index is 976. The number of hydrogen-bond donors (Lipinski definition) is 2. The highest BCUT2D eigenvalue weighted by Crippen LogP contribution is 2.20. The largest absolute Gasteiger partial charge is 0.352 e. The molecule has 28 heavy (non-hydrogen) atoms. The molecule has 0 radical (unpaired) electrons. The first-order valence-electron chi connectivity index (χ1n) is 8.42. The second-order valence-corrected chi connectivity index (χ2v) is 7.01. The van der Waals surface area contributed by atoms with E-state index in [1.807, 2.05) is 6.92 Å². The molecule has 10 heteroatoms. The molecule has 8 nitrogen and oxygen atoms in total. The standard InChI is InChI=1S/C18H17ClN6O2S/c1-2-20-17(27)12-4-3-5-14(10-12)21-16(26)11-28-18-22-23-24-25(18)15-8-6-13(19)7-9-15/h3-10H,2,11H2,1H3,(H,20,27)(H,21,26). The van der Waals surface area contributed by atoms with Gasteiger partial charge in [-0.25, -0.2) is 0 Å². The quantitative estimate of drug-likeness (QED) is 0.574. The van der Waals surface area contributed by atoms with Gasteiger partial charge < -0.3 is 10.6 Å². The van der Waals surface area contributed by atoms with E-state index in [-0.39, 0.29) is 17.6 Å². The van der Waals surface area contributed by atoms with Crippen molar-refractivity contribution in [2.45, 2.75) is 12.1 Å². The molecule has 0 aliphatic carbocycles. The lowest BCUT2D eigenvalue weighted by Gasteiger charge is -2.08. The number of tetrazole rings is 1. The number of halogens is 1. The van der Waals surface area contributed by atoms with E-state index in [4.69, 9.17) is 11.6 Å². The zero-order valence-corrected chi connectivity index (χ0v) is 16.5. The molecule has 0 fully saturated rings. The molecule has 0 spiro atoms. The predicted molar refractivity (Wildman–Crippen MR) is 108 cm³/mol. The summed E-state index contributed by atoms with van der Waals surface area (Å²) >= 11 is 7.10. The Morgan fingerprint density at radius 3 is 2.71 bits per heavy atom. The lowest BCUT2D eigenvalue weighted by Crippen LogP contribution is -2.23. The highest BCUT2D eigenvalue weighted by atomic mass is 35.5. The normalized spacial score (nSPS) is 10.5. The minimum absolute atomic E-state index is 0.110. The van der Waals surface area contributed by atoms with Crippen LogP contribution < -0.4 is 10.6 Å². The van der Waals surface area contributed by atoms with Gasteiger partial charge >= 0.3 is 0 Å². The molecular weight excluding hydrogens is 400 g/mol. The van der Waals surface area contributed by atoms with Crippen molar-refractivity contribution in [3.63, 3.8) is 0 Å². The minimum atomic E-state index is -0.233. The lowest BCUT2D eigenvalue weighted by atomic mass is 10.2. The third-order valence-electron chi connectivity index (χ3n) is 3.59. The topological polar surface area (TPSA) is 102 Å². The molecule has 2 aromatic carbocycles. The van der Waals surface area contributed by atoms with Gasteiger partial charge in [0.05, 0.1) is 11.4 Å². The van der Waals surface area contributed by atoms with Crippen molar-refractivity contribution < 1.29 is 9.59 Å². The fourth-order valence-corrected chi connectivity index (χ4v) is 3.16. The second-order valence-electron chi connectivity index (χ2n) is 5.63. The van der Waals surface area contributed by atoms with E-state index in [0.717, 1.165) is 5.69 Å². The van der Waals surface area contributed by atoms with Gasteiger partial charge in [-0.05, 0) is 59.8 Å². The number of nitrogens with zero attached hydrogens (tertiary/aromatic N) is 4. The number of carbonyl (C=O) groups excluding carboxylic acids is 2. The van der Waals surface area contributed by atoms with Gasteiger partial charge in [0.15, 0.2) is 0 Å². The summed E-state index contributed by atoms with van der Waals surface area (Å²) in [6.45, 7) is 2.38. The molecule has 0 atom stereocenters. The summed E-state index contributed by atoms with van der Waals surface area (Å²) in [6, 6.07) is 13.8. The highest BCUT2D eigenvalue weighted by molar-refractivity contribution is 7.99. The molecule has 3 rings (SSSR count). The Morgan fingerprint density at radius 2 is 1.96 bits per heavy atom. The van der Waals surface area contributed by atoms with Crippen LogP contribution in [0.15, 0.2) is 53.7 Å². The first kappa shape index (κ1) is 19.8. The van der Waals surface area contributed by atoms with Crippen molar-refractivity contribution in [3.05, 3.63) is 59.1 Å². The third-order valence-corrected chi connectivity index (χ3v) is 4.76. The Balaban J connectivity index is 1.61. The van der Waals surface area contributed by atoms with E-state index in [1.165, 1.54) is 16.4 Å². The van der Waals surface area contributed by atoms with Crippen molar-refractivity contribution in [1.29, 1.82) is 0 Å². The van der Waals surface area contributed by atoms with Crippen molar-refractivity contribution in [2.24, 2.45) is 0 Å². The first-order chi connectivity index (χ1) is 13.6. The number of hydrogen-bond acceptors (Lipinski definition) is 6. The molecule has 0 bridgehead atoms. The van der Waals surface area contributed by atoms with Crippen LogP contribution in [0.2, 0.25) is 5.02 Å². The van der Waals surface area contributed by atoms with Gasteiger partial charge in [-0.3, -0.25) is 9.59 Å². The molecule has 1 heterocycles. The summed E-state index contributed by atoms with van der Waals surface area (Å²) in [7, 11) is 0. The summed E-state index contributed by atoms with van der Waals surface area (Å²) in [5.41, 5.74) is 1.78. The Morgan fingerprint density at radius 1 is 1.18 bits per heavy atom. The monoisotopic (exact) mass is 416 g/mol. The molecular formula is C18H17ClN6O2S. The SMILES string of the molecule is CCNC(=O)c1cccc(NC(=O)CSc2nnnn2-c2ccc(Cl)cc2)c1. The number of aromatic nitrogens is 4. The van der Waals surface area contributed by atoms with Crippen LogP contribution in [0.3, 0.4) is 0 Å². The molecule has 2 amide bonds. The molecule has 2 N–H and O–H groups in total. The smallest absolute Gasteiger partial charge is 0.251 e. The average Bonchev–Trinajstić information content (AvgIpc) is 3.16. The predicted octanol–water partition coefficient (Wildman–Crippen LogP) is 2.80. The number of thioether (sulfide) groups is 1. The van der Waals surface area contributed by atoms with Crippen LogP contribution in [0.25, 0.3) is 5.69 Å². The van der Waals surface area contributed by atoms with Gasteiger partial charge in [-0.2, -0.15) is 4.68 Å². The average molecular weight is 417 g/mol. The van der Waals surface area contributed by atoms with Crippen LogP contribution in [0, 0.1) is 0 Å².